The predicted molar refractivity (Wildman–Crippen MR) is 150 cm³/mol. The van der Waals surface area contributed by atoms with Crippen molar-refractivity contribution in [3.63, 3.8) is 0 Å². The van der Waals surface area contributed by atoms with Gasteiger partial charge in [-0.1, -0.05) is 42.0 Å². The number of carbonyl (C=O) groups excluding carboxylic acids is 1. The average Bonchev–Trinajstić information content (AvgIpc) is 2.95. The average molecular weight is 554 g/mol. The van der Waals surface area contributed by atoms with Gasteiger partial charge >= 0.3 is 0 Å². The second-order valence-corrected chi connectivity index (χ2v) is 11.2. The summed E-state index contributed by atoms with van der Waals surface area (Å²) in [7, 11) is -1.08. The molecule has 0 aromatic heterocycles. The standard InChI is InChI=1S/C29H35N3O6S/c1-22-7-10-26(11-8-22)39(34,35)32(25-9-12-27(36-2)28(18-25)37-3)21-29(33)30-19-23-5-4-6-24(17-23)20-31-13-15-38-16-14-31/h4-12,17-18H,13-16,19-21H2,1-3H3,(H,30,33). The van der Waals surface area contributed by atoms with E-state index in [0.717, 1.165) is 53.8 Å². The number of morpholine rings is 1. The Morgan fingerprint density at radius 2 is 1.64 bits per heavy atom. The van der Waals surface area contributed by atoms with E-state index in [1.807, 2.05) is 19.1 Å². The Labute approximate surface area is 230 Å². The third-order valence-corrected chi connectivity index (χ3v) is 8.33. The van der Waals surface area contributed by atoms with Crippen LogP contribution >= 0.6 is 0 Å². The molecule has 1 heterocycles. The van der Waals surface area contributed by atoms with Gasteiger partial charge in [-0.3, -0.25) is 14.0 Å². The highest BCUT2D eigenvalue weighted by molar-refractivity contribution is 7.92. The summed E-state index contributed by atoms with van der Waals surface area (Å²) in [6, 6.07) is 19.3. The Balaban J connectivity index is 1.52. The molecule has 0 atom stereocenters. The van der Waals surface area contributed by atoms with Crippen LogP contribution in [0, 0.1) is 6.92 Å². The lowest BCUT2D eigenvalue weighted by Crippen LogP contribution is -2.40. The molecule has 0 unspecified atom stereocenters. The van der Waals surface area contributed by atoms with E-state index in [1.165, 1.54) is 26.4 Å². The van der Waals surface area contributed by atoms with Gasteiger partial charge in [0, 0.05) is 32.2 Å². The van der Waals surface area contributed by atoms with Crippen molar-refractivity contribution in [2.45, 2.75) is 24.9 Å². The van der Waals surface area contributed by atoms with Crippen LogP contribution in [0.3, 0.4) is 0 Å². The molecule has 0 radical (unpaired) electrons. The predicted octanol–water partition coefficient (Wildman–Crippen LogP) is 3.36. The van der Waals surface area contributed by atoms with E-state index >= 15 is 0 Å². The monoisotopic (exact) mass is 553 g/mol. The van der Waals surface area contributed by atoms with Crippen LogP contribution in [-0.2, 0) is 32.6 Å². The minimum absolute atomic E-state index is 0.0894. The fourth-order valence-corrected chi connectivity index (χ4v) is 5.79. The highest BCUT2D eigenvalue weighted by Crippen LogP contribution is 2.33. The van der Waals surface area contributed by atoms with Gasteiger partial charge in [0.15, 0.2) is 11.5 Å². The van der Waals surface area contributed by atoms with E-state index < -0.39 is 22.5 Å². The molecule has 1 saturated heterocycles. The smallest absolute Gasteiger partial charge is 0.264 e. The number of benzene rings is 3. The van der Waals surface area contributed by atoms with Gasteiger partial charge in [-0.2, -0.15) is 0 Å². The SMILES string of the molecule is COc1ccc(N(CC(=O)NCc2cccc(CN3CCOCC3)c2)S(=O)(=O)c2ccc(C)cc2)cc1OC. The lowest BCUT2D eigenvalue weighted by molar-refractivity contribution is -0.119. The van der Waals surface area contributed by atoms with Crippen LogP contribution in [0.4, 0.5) is 5.69 Å². The van der Waals surface area contributed by atoms with Gasteiger partial charge in [-0.15, -0.1) is 0 Å². The second-order valence-electron chi connectivity index (χ2n) is 9.35. The van der Waals surface area contributed by atoms with Crippen LogP contribution in [0.15, 0.2) is 71.6 Å². The molecule has 10 heteroatoms. The number of rotatable bonds is 11. The lowest BCUT2D eigenvalue weighted by Gasteiger charge is -2.26. The fourth-order valence-electron chi connectivity index (χ4n) is 4.37. The molecule has 1 aliphatic heterocycles. The number of aryl methyl sites for hydroxylation is 1. The Morgan fingerprint density at radius 3 is 2.33 bits per heavy atom. The molecule has 0 aliphatic carbocycles. The van der Waals surface area contributed by atoms with Gasteiger partial charge in [-0.25, -0.2) is 8.42 Å². The molecule has 3 aromatic rings. The number of ether oxygens (including phenoxy) is 3. The van der Waals surface area contributed by atoms with E-state index in [2.05, 4.69) is 22.3 Å². The molecule has 0 spiro atoms. The second kappa shape index (κ2) is 13.0. The van der Waals surface area contributed by atoms with Crippen molar-refractivity contribution in [1.29, 1.82) is 0 Å². The summed E-state index contributed by atoms with van der Waals surface area (Å²) >= 11 is 0. The number of carbonyl (C=O) groups is 1. The molecule has 208 valence electrons. The Bertz CT molecular complexity index is 1370. The first-order valence-corrected chi connectivity index (χ1v) is 14.2. The van der Waals surface area contributed by atoms with Gasteiger partial charge in [0.05, 0.1) is 38.0 Å². The summed E-state index contributed by atoms with van der Waals surface area (Å²) in [4.78, 5) is 15.5. The normalized spacial score (nSPS) is 14.0. The van der Waals surface area contributed by atoms with Gasteiger partial charge in [0.1, 0.15) is 6.54 Å². The van der Waals surface area contributed by atoms with Gasteiger partial charge in [-0.05, 0) is 42.3 Å². The molecule has 0 saturated carbocycles. The van der Waals surface area contributed by atoms with Crippen LogP contribution in [0.25, 0.3) is 0 Å². The highest BCUT2D eigenvalue weighted by Gasteiger charge is 2.28. The number of nitrogens with one attached hydrogen (secondary N) is 1. The number of amides is 1. The molecular formula is C29H35N3O6S. The summed E-state index contributed by atoms with van der Waals surface area (Å²) in [6.45, 7) is 5.82. The number of hydrogen-bond donors (Lipinski definition) is 1. The van der Waals surface area contributed by atoms with Crippen molar-refractivity contribution >= 4 is 21.6 Å². The molecule has 4 rings (SSSR count). The van der Waals surface area contributed by atoms with Crippen LogP contribution in [0.5, 0.6) is 11.5 Å². The molecule has 1 fully saturated rings. The van der Waals surface area contributed by atoms with Gasteiger partial charge < -0.3 is 19.5 Å². The Kier molecular flexibility index (Phi) is 9.45. The molecule has 9 nitrogen and oxygen atoms in total. The van der Waals surface area contributed by atoms with Crippen LogP contribution in [0.2, 0.25) is 0 Å². The number of methoxy groups -OCH3 is 2. The number of nitrogens with zero attached hydrogens (tertiary/aromatic N) is 2. The lowest BCUT2D eigenvalue weighted by atomic mass is 10.1. The minimum Gasteiger partial charge on any atom is -0.493 e. The number of anilines is 1. The zero-order valence-corrected chi connectivity index (χ0v) is 23.4. The topological polar surface area (TPSA) is 97.4 Å². The van der Waals surface area contributed by atoms with E-state index in [4.69, 9.17) is 14.2 Å². The zero-order valence-electron chi connectivity index (χ0n) is 22.6. The van der Waals surface area contributed by atoms with Crippen LogP contribution < -0.4 is 19.1 Å². The van der Waals surface area contributed by atoms with E-state index in [0.29, 0.717) is 11.5 Å². The summed E-state index contributed by atoms with van der Waals surface area (Å²) in [5, 5.41) is 2.88. The van der Waals surface area contributed by atoms with Gasteiger partial charge in [0.2, 0.25) is 5.91 Å². The highest BCUT2D eigenvalue weighted by atomic mass is 32.2. The largest absolute Gasteiger partial charge is 0.493 e. The van der Waals surface area contributed by atoms with Crippen molar-refractivity contribution in [2.24, 2.45) is 0 Å². The maximum atomic E-state index is 13.7. The van der Waals surface area contributed by atoms with E-state index in [9.17, 15) is 13.2 Å². The van der Waals surface area contributed by atoms with Crippen LogP contribution in [0.1, 0.15) is 16.7 Å². The quantitative estimate of drug-likeness (QED) is 0.389. The van der Waals surface area contributed by atoms with Crippen molar-refractivity contribution in [1.82, 2.24) is 10.2 Å². The first-order valence-electron chi connectivity index (χ1n) is 12.8. The van der Waals surface area contributed by atoms with Crippen molar-refractivity contribution in [3.05, 3.63) is 83.4 Å². The zero-order chi connectivity index (χ0) is 27.8. The molecular weight excluding hydrogens is 518 g/mol. The molecule has 1 aliphatic rings. The third kappa shape index (κ3) is 7.29. The van der Waals surface area contributed by atoms with Gasteiger partial charge in [0.25, 0.3) is 10.0 Å². The molecule has 1 amide bonds. The third-order valence-electron chi connectivity index (χ3n) is 6.54. The molecule has 1 N–H and O–H groups in total. The van der Waals surface area contributed by atoms with Crippen molar-refractivity contribution < 1.29 is 27.4 Å². The fraction of sp³-hybridized carbons (Fsp3) is 0.345. The number of sulfonamides is 1. The summed E-state index contributed by atoms with van der Waals surface area (Å²) in [6.07, 6.45) is 0. The maximum Gasteiger partial charge on any atom is 0.264 e. The van der Waals surface area contributed by atoms with Crippen LogP contribution in [-0.4, -0.2) is 66.3 Å². The summed E-state index contributed by atoms with van der Waals surface area (Å²) < 4.78 is 44.6. The molecule has 0 bridgehead atoms. The van der Waals surface area contributed by atoms with Crippen molar-refractivity contribution in [2.75, 3.05) is 51.4 Å². The molecule has 39 heavy (non-hydrogen) atoms. The summed E-state index contributed by atoms with van der Waals surface area (Å²) in [5.74, 6) is 0.381. The molecule has 3 aromatic carbocycles. The Hall–Kier alpha value is -3.60. The van der Waals surface area contributed by atoms with E-state index in [1.54, 1.807) is 30.3 Å². The first kappa shape index (κ1) is 28.4. The minimum atomic E-state index is -4.06. The number of hydrogen-bond acceptors (Lipinski definition) is 7. The summed E-state index contributed by atoms with van der Waals surface area (Å²) in [5.41, 5.74) is 3.31. The van der Waals surface area contributed by atoms with E-state index in [-0.39, 0.29) is 17.1 Å². The van der Waals surface area contributed by atoms with Crippen molar-refractivity contribution in [3.8, 4) is 11.5 Å². The first-order chi connectivity index (χ1) is 18.8. The maximum absolute atomic E-state index is 13.7. The Morgan fingerprint density at radius 1 is 0.949 bits per heavy atom.